The third-order valence-electron chi connectivity index (χ3n) is 2.86. The molecule has 3 aromatic heterocycles. The Bertz CT molecular complexity index is 733. The number of rotatable bonds is 6. The molecule has 21 heavy (non-hydrogen) atoms. The van der Waals surface area contributed by atoms with Crippen LogP contribution in [-0.4, -0.2) is 36.3 Å². The van der Waals surface area contributed by atoms with E-state index < -0.39 is 0 Å². The van der Waals surface area contributed by atoms with Gasteiger partial charge in [-0.05, 0) is 13.3 Å². The zero-order valence-corrected chi connectivity index (χ0v) is 12.0. The second-order valence-electron chi connectivity index (χ2n) is 4.53. The highest BCUT2D eigenvalue weighted by atomic mass is 16.5. The van der Waals surface area contributed by atoms with Crippen molar-refractivity contribution in [3.63, 3.8) is 0 Å². The molecule has 0 amide bonds. The molecule has 8 heteroatoms. The number of aryl methyl sites for hydroxylation is 1. The number of aromatic amines is 1. The maximum absolute atomic E-state index is 5.82. The van der Waals surface area contributed by atoms with Gasteiger partial charge in [-0.2, -0.15) is 15.1 Å². The summed E-state index contributed by atoms with van der Waals surface area (Å²) in [7, 11) is 0. The molecule has 0 atom stereocenters. The van der Waals surface area contributed by atoms with Gasteiger partial charge in [-0.25, -0.2) is 4.98 Å². The van der Waals surface area contributed by atoms with Crippen LogP contribution in [-0.2, 0) is 6.54 Å². The number of ether oxygens (including phenoxy) is 1. The van der Waals surface area contributed by atoms with Crippen LogP contribution in [0.5, 0.6) is 11.6 Å². The molecule has 0 aromatic carbocycles. The molecule has 0 saturated carbocycles. The van der Waals surface area contributed by atoms with Gasteiger partial charge in [0.25, 0.3) is 5.88 Å². The first-order chi connectivity index (χ1) is 10.3. The van der Waals surface area contributed by atoms with Crippen molar-refractivity contribution in [2.75, 3.05) is 11.9 Å². The Labute approximate surface area is 121 Å². The number of hydrogen-bond acceptors (Lipinski definition) is 6. The van der Waals surface area contributed by atoms with Gasteiger partial charge >= 0.3 is 0 Å². The topological polar surface area (TPSA) is 93.5 Å². The maximum Gasteiger partial charge on any atom is 0.250 e. The summed E-state index contributed by atoms with van der Waals surface area (Å²) in [5.41, 5.74) is 1.23. The van der Waals surface area contributed by atoms with E-state index in [2.05, 4.69) is 37.3 Å². The molecule has 110 valence electrons. The zero-order valence-electron chi connectivity index (χ0n) is 12.0. The van der Waals surface area contributed by atoms with Gasteiger partial charge in [0.1, 0.15) is 5.52 Å². The van der Waals surface area contributed by atoms with Gasteiger partial charge < -0.3 is 15.0 Å². The van der Waals surface area contributed by atoms with Gasteiger partial charge in [-0.3, -0.25) is 4.68 Å². The second kappa shape index (κ2) is 5.78. The molecule has 0 spiro atoms. The van der Waals surface area contributed by atoms with Crippen molar-refractivity contribution < 1.29 is 4.74 Å². The molecule has 0 saturated heterocycles. The highest BCUT2D eigenvalue weighted by Gasteiger charge is 2.12. The van der Waals surface area contributed by atoms with Gasteiger partial charge in [0.15, 0.2) is 11.4 Å². The van der Waals surface area contributed by atoms with Crippen LogP contribution in [0.3, 0.4) is 0 Å². The number of aromatic nitrogens is 6. The number of fused-ring (bicyclic) bond motifs is 1. The summed E-state index contributed by atoms with van der Waals surface area (Å²) in [6, 6.07) is 0. The SMILES string of the molecule is CCCn1cc(Oc2nc(NCC)nc3nc[nH]c23)cn1. The Morgan fingerprint density at radius 3 is 3.05 bits per heavy atom. The zero-order chi connectivity index (χ0) is 14.7. The first-order valence-electron chi connectivity index (χ1n) is 6.95. The summed E-state index contributed by atoms with van der Waals surface area (Å²) >= 11 is 0. The number of imidazole rings is 1. The molecule has 0 aliphatic rings. The molecule has 0 radical (unpaired) electrons. The van der Waals surface area contributed by atoms with E-state index in [9.17, 15) is 0 Å². The molecular weight excluding hydrogens is 270 g/mol. The predicted octanol–water partition coefficient (Wildman–Crippen LogP) is 2.18. The molecule has 0 bridgehead atoms. The molecule has 3 heterocycles. The fourth-order valence-corrected chi connectivity index (χ4v) is 1.98. The quantitative estimate of drug-likeness (QED) is 0.721. The van der Waals surface area contributed by atoms with Crippen molar-refractivity contribution in [1.29, 1.82) is 0 Å². The van der Waals surface area contributed by atoms with Crippen molar-refractivity contribution in [1.82, 2.24) is 29.7 Å². The summed E-state index contributed by atoms with van der Waals surface area (Å²) in [5.74, 6) is 1.57. The predicted molar refractivity (Wildman–Crippen MR) is 78.4 cm³/mol. The highest BCUT2D eigenvalue weighted by molar-refractivity contribution is 5.77. The summed E-state index contributed by atoms with van der Waals surface area (Å²) in [6.07, 6.45) is 6.11. The summed E-state index contributed by atoms with van der Waals surface area (Å²) < 4.78 is 7.66. The standard InChI is InChI=1S/C13H17N7O/c1-3-5-20-7-9(6-17-20)21-12-10-11(16-8-15-10)18-13(19-12)14-4-2/h6-8H,3-5H2,1-2H3,(H2,14,15,16,18,19). The molecule has 8 nitrogen and oxygen atoms in total. The molecule has 0 aliphatic heterocycles. The molecule has 0 fully saturated rings. The third-order valence-corrected chi connectivity index (χ3v) is 2.86. The lowest BCUT2D eigenvalue weighted by Crippen LogP contribution is -2.03. The van der Waals surface area contributed by atoms with E-state index in [1.54, 1.807) is 12.5 Å². The minimum atomic E-state index is 0.435. The molecular formula is C13H17N7O. The van der Waals surface area contributed by atoms with E-state index >= 15 is 0 Å². The maximum atomic E-state index is 5.82. The number of hydrogen-bond donors (Lipinski definition) is 2. The Balaban J connectivity index is 1.92. The minimum absolute atomic E-state index is 0.435. The Morgan fingerprint density at radius 1 is 1.33 bits per heavy atom. The van der Waals surface area contributed by atoms with E-state index in [0.717, 1.165) is 19.5 Å². The molecule has 3 aromatic rings. The van der Waals surface area contributed by atoms with Crippen molar-refractivity contribution in [2.45, 2.75) is 26.8 Å². The minimum Gasteiger partial charge on any atom is -0.434 e. The number of anilines is 1. The van der Waals surface area contributed by atoms with E-state index in [1.807, 2.05) is 17.8 Å². The number of nitrogens with zero attached hydrogens (tertiary/aromatic N) is 5. The average molecular weight is 287 g/mol. The van der Waals surface area contributed by atoms with E-state index in [-0.39, 0.29) is 0 Å². The second-order valence-corrected chi connectivity index (χ2v) is 4.53. The molecule has 0 unspecified atom stereocenters. The third kappa shape index (κ3) is 2.78. The van der Waals surface area contributed by atoms with E-state index in [0.29, 0.717) is 28.7 Å². The lowest BCUT2D eigenvalue weighted by molar-refractivity contribution is 0.466. The van der Waals surface area contributed by atoms with Crippen LogP contribution >= 0.6 is 0 Å². The van der Waals surface area contributed by atoms with Gasteiger partial charge in [0.05, 0.1) is 18.7 Å². The van der Waals surface area contributed by atoms with Crippen LogP contribution in [0.4, 0.5) is 5.95 Å². The monoisotopic (exact) mass is 287 g/mol. The molecule has 3 rings (SSSR count). The Kier molecular flexibility index (Phi) is 3.67. The van der Waals surface area contributed by atoms with Crippen LogP contribution in [0.25, 0.3) is 11.2 Å². The van der Waals surface area contributed by atoms with E-state index in [1.165, 1.54) is 0 Å². The van der Waals surface area contributed by atoms with Crippen LogP contribution < -0.4 is 10.1 Å². The van der Waals surface area contributed by atoms with Crippen LogP contribution in [0.1, 0.15) is 20.3 Å². The lowest BCUT2D eigenvalue weighted by atomic mass is 10.5. The fraction of sp³-hybridized carbons (Fsp3) is 0.385. The van der Waals surface area contributed by atoms with Crippen molar-refractivity contribution in [3.05, 3.63) is 18.7 Å². The molecule has 2 N–H and O–H groups in total. The van der Waals surface area contributed by atoms with Gasteiger partial charge in [0.2, 0.25) is 5.95 Å². The Morgan fingerprint density at radius 2 is 2.24 bits per heavy atom. The first-order valence-corrected chi connectivity index (χ1v) is 6.95. The smallest absolute Gasteiger partial charge is 0.250 e. The van der Waals surface area contributed by atoms with Gasteiger partial charge in [-0.1, -0.05) is 6.92 Å². The fourth-order valence-electron chi connectivity index (χ4n) is 1.98. The first kappa shape index (κ1) is 13.3. The summed E-state index contributed by atoms with van der Waals surface area (Å²) in [4.78, 5) is 15.8. The largest absolute Gasteiger partial charge is 0.434 e. The summed E-state index contributed by atoms with van der Waals surface area (Å²) in [6.45, 7) is 5.66. The van der Waals surface area contributed by atoms with Gasteiger partial charge in [0, 0.05) is 13.1 Å². The van der Waals surface area contributed by atoms with Crippen molar-refractivity contribution in [3.8, 4) is 11.6 Å². The summed E-state index contributed by atoms with van der Waals surface area (Å²) in [5, 5.41) is 7.30. The Hall–Kier alpha value is -2.64. The van der Waals surface area contributed by atoms with Crippen molar-refractivity contribution in [2.24, 2.45) is 0 Å². The number of nitrogens with one attached hydrogen (secondary N) is 2. The van der Waals surface area contributed by atoms with Crippen LogP contribution in [0.15, 0.2) is 18.7 Å². The van der Waals surface area contributed by atoms with Crippen molar-refractivity contribution >= 4 is 17.1 Å². The van der Waals surface area contributed by atoms with Crippen LogP contribution in [0.2, 0.25) is 0 Å². The van der Waals surface area contributed by atoms with E-state index in [4.69, 9.17) is 4.74 Å². The molecule has 0 aliphatic carbocycles. The van der Waals surface area contributed by atoms with Crippen LogP contribution in [0, 0.1) is 0 Å². The lowest BCUT2D eigenvalue weighted by Gasteiger charge is -2.06. The average Bonchev–Trinajstić information content (AvgIpc) is 3.09. The highest BCUT2D eigenvalue weighted by Crippen LogP contribution is 2.26. The van der Waals surface area contributed by atoms with Gasteiger partial charge in [-0.15, -0.1) is 0 Å². The normalized spacial score (nSPS) is 11.0. The number of H-pyrrole nitrogens is 1.